The molecule has 0 spiro atoms. The first-order valence-corrected chi connectivity index (χ1v) is 19.4. The molecule has 2 aliphatic heterocycles. The highest BCUT2D eigenvalue weighted by Crippen LogP contribution is 2.22. The zero-order valence-electron chi connectivity index (χ0n) is 32.9. The third-order valence-electron chi connectivity index (χ3n) is 10.4. The van der Waals surface area contributed by atoms with E-state index in [-0.39, 0.29) is 50.3 Å². The Balaban J connectivity index is 1.73. The van der Waals surface area contributed by atoms with Crippen molar-refractivity contribution < 1.29 is 38.7 Å². The number of carbonyl (C=O) groups excluding carboxylic acids is 6. The van der Waals surface area contributed by atoms with Crippen molar-refractivity contribution >= 4 is 47.4 Å². The van der Waals surface area contributed by atoms with Crippen LogP contribution in [0.25, 0.3) is 0 Å². The topological polar surface area (TPSA) is 285 Å². The molecule has 0 aliphatic carbocycles. The van der Waals surface area contributed by atoms with Crippen molar-refractivity contribution in [1.82, 2.24) is 31.1 Å². The number of nitrogens with one attached hydrogen (secondary N) is 4. The number of likely N-dealkylation sites (tertiary alicyclic amines) is 2. The number of aliphatic carboxylic acids is 1. The van der Waals surface area contributed by atoms with E-state index in [1.807, 2.05) is 25.1 Å². The fraction of sp³-hybridized carbons (Fsp3) is 0.632. The summed E-state index contributed by atoms with van der Waals surface area (Å²) in [5, 5.41) is 20.4. The maximum absolute atomic E-state index is 14.2. The van der Waals surface area contributed by atoms with Crippen LogP contribution < -0.4 is 38.5 Å². The van der Waals surface area contributed by atoms with Gasteiger partial charge in [0.05, 0.1) is 12.6 Å². The summed E-state index contributed by atoms with van der Waals surface area (Å²) in [6.07, 6.45) is 2.80. The van der Waals surface area contributed by atoms with Gasteiger partial charge in [0.1, 0.15) is 30.2 Å². The van der Waals surface area contributed by atoms with Gasteiger partial charge >= 0.3 is 5.97 Å². The Morgan fingerprint density at radius 2 is 1.46 bits per heavy atom. The predicted molar refractivity (Wildman–Crippen MR) is 208 cm³/mol. The summed E-state index contributed by atoms with van der Waals surface area (Å²) < 4.78 is 0. The monoisotopic (exact) mass is 784 g/mol. The van der Waals surface area contributed by atoms with Gasteiger partial charge in [-0.2, -0.15) is 0 Å². The van der Waals surface area contributed by atoms with Crippen molar-refractivity contribution in [2.24, 2.45) is 34.0 Å². The molecular formula is C38H60N10O8. The lowest BCUT2D eigenvalue weighted by molar-refractivity contribution is -0.146. The molecule has 0 unspecified atom stereocenters. The first-order chi connectivity index (χ1) is 26.5. The molecule has 310 valence electrons. The lowest BCUT2D eigenvalue weighted by Crippen LogP contribution is -2.58. The molecule has 1 aromatic carbocycles. The van der Waals surface area contributed by atoms with Crippen molar-refractivity contribution in [2.45, 2.75) is 115 Å². The van der Waals surface area contributed by atoms with Gasteiger partial charge in [-0.15, -0.1) is 0 Å². The average Bonchev–Trinajstić information content (AvgIpc) is 3.87. The Kier molecular flexibility index (Phi) is 17.5. The molecule has 2 aliphatic rings. The number of rotatable bonds is 20. The number of benzene rings is 1. The van der Waals surface area contributed by atoms with E-state index in [2.05, 4.69) is 26.3 Å². The van der Waals surface area contributed by atoms with E-state index in [4.69, 9.17) is 17.2 Å². The van der Waals surface area contributed by atoms with Crippen LogP contribution in [0.3, 0.4) is 0 Å². The molecule has 2 heterocycles. The molecule has 2 fully saturated rings. The summed E-state index contributed by atoms with van der Waals surface area (Å²) >= 11 is 0. The summed E-state index contributed by atoms with van der Waals surface area (Å²) in [5.74, 6) is -5.11. The van der Waals surface area contributed by atoms with Crippen molar-refractivity contribution in [1.29, 1.82) is 0 Å². The molecule has 18 nitrogen and oxygen atoms in total. The van der Waals surface area contributed by atoms with Crippen molar-refractivity contribution in [3.8, 4) is 0 Å². The number of aliphatic imine (C=N–C) groups is 1. The average molecular weight is 785 g/mol. The highest BCUT2D eigenvalue weighted by Gasteiger charge is 2.41. The number of carboxylic acid groups (broad SMARTS) is 1. The second kappa shape index (κ2) is 21.7. The van der Waals surface area contributed by atoms with Crippen molar-refractivity contribution in [2.75, 3.05) is 26.2 Å². The second-order valence-corrected chi connectivity index (χ2v) is 14.9. The van der Waals surface area contributed by atoms with E-state index in [1.54, 1.807) is 32.9 Å². The predicted octanol–water partition coefficient (Wildman–Crippen LogP) is -1.05. The van der Waals surface area contributed by atoms with Crippen LogP contribution in [0.1, 0.15) is 78.2 Å². The van der Waals surface area contributed by atoms with E-state index in [1.165, 1.54) is 9.80 Å². The van der Waals surface area contributed by atoms with Crippen LogP contribution in [0.4, 0.5) is 0 Å². The van der Waals surface area contributed by atoms with E-state index in [0.717, 1.165) is 5.56 Å². The standard InChI is InChI=1S/C38H60N10O8/c1-5-23(4)31(37(55)56)46-34(52)28-16-11-19-48(28)36(54)26(20-24-12-7-6-8-13-24)45-33(51)27-15-10-18-47(27)29(49)21-43-32(50)25(14-9-17-42-38(40)41)44-35(53)30(39)22(2)3/h6-8,12-13,22-23,25-28,30-31H,5,9-11,14-21,39H2,1-4H3,(H,43,50)(H,44,53)(H,45,51)(H,46,52)(H,55,56)(H4,40,41,42)/t23-,25-,26-,27-,28-,30-,31-/m0/s1. The molecule has 0 radical (unpaired) electrons. The quantitative estimate of drug-likeness (QED) is 0.0449. The van der Waals surface area contributed by atoms with Crippen LogP contribution in [0.2, 0.25) is 0 Å². The number of hydrogen-bond acceptors (Lipinski definition) is 9. The summed E-state index contributed by atoms with van der Waals surface area (Å²) in [6, 6.07) is 3.08. The number of nitrogens with zero attached hydrogens (tertiary/aromatic N) is 3. The Hall–Kier alpha value is -5.26. The molecule has 0 bridgehead atoms. The van der Waals surface area contributed by atoms with Crippen LogP contribution in [-0.4, -0.2) is 125 Å². The van der Waals surface area contributed by atoms with Gasteiger partial charge in [0, 0.05) is 26.1 Å². The summed E-state index contributed by atoms with van der Waals surface area (Å²) in [7, 11) is 0. The van der Waals surface area contributed by atoms with Gasteiger partial charge < -0.3 is 53.4 Å². The number of carbonyl (C=O) groups is 7. The van der Waals surface area contributed by atoms with Gasteiger partial charge in [0.15, 0.2) is 5.96 Å². The molecule has 1 aromatic rings. The Morgan fingerprint density at radius 1 is 0.857 bits per heavy atom. The molecule has 2 saturated heterocycles. The molecule has 7 atom stereocenters. The fourth-order valence-corrected chi connectivity index (χ4v) is 6.82. The second-order valence-electron chi connectivity index (χ2n) is 14.9. The van der Waals surface area contributed by atoms with Gasteiger partial charge in [-0.1, -0.05) is 64.4 Å². The SMILES string of the molecule is CC[C@H](C)[C@H](NC(=O)[C@@H]1CCCN1C(=O)[C@H](Cc1ccccc1)NC(=O)[C@@H]1CCCN1C(=O)CNC(=O)[C@H](CCCN=C(N)N)NC(=O)[C@@H](N)C(C)C)C(=O)O. The van der Waals surface area contributed by atoms with Crippen LogP contribution in [0.15, 0.2) is 35.3 Å². The molecule has 18 heteroatoms. The normalized spacial score (nSPS) is 19.2. The van der Waals surface area contributed by atoms with Gasteiger partial charge in [-0.05, 0) is 55.9 Å². The van der Waals surface area contributed by atoms with Crippen molar-refractivity contribution in [3.63, 3.8) is 0 Å². The largest absolute Gasteiger partial charge is 0.480 e. The van der Waals surface area contributed by atoms with Gasteiger partial charge in [-0.3, -0.25) is 33.8 Å². The number of carboxylic acids is 1. The highest BCUT2D eigenvalue weighted by molar-refractivity contribution is 5.97. The molecule has 11 N–H and O–H groups in total. The van der Waals surface area contributed by atoms with E-state index < -0.39 is 84.2 Å². The van der Waals surface area contributed by atoms with E-state index in [0.29, 0.717) is 38.5 Å². The minimum absolute atomic E-state index is 0.106. The first kappa shape index (κ1) is 45.1. The molecule has 0 saturated carbocycles. The number of guanidine groups is 1. The number of hydrogen-bond donors (Lipinski definition) is 8. The lowest BCUT2D eigenvalue weighted by Gasteiger charge is -2.31. The first-order valence-electron chi connectivity index (χ1n) is 19.4. The maximum atomic E-state index is 14.2. The molecule has 56 heavy (non-hydrogen) atoms. The Morgan fingerprint density at radius 3 is 2.05 bits per heavy atom. The van der Waals surface area contributed by atoms with Gasteiger partial charge in [-0.25, -0.2) is 4.79 Å². The van der Waals surface area contributed by atoms with Crippen molar-refractivity contribution in [3.05, 3.63) is 35.9 Å². The minimum atomic E-state index is -1.16. The maximum Gasteiger partial charge on any atom is 0.326 e. The Bertz CT molecular complexity index is 1570. The number of amides is 6. The Labute approximate surface area is 328 Å². The highest BCUT2D eigenvalue weighted by atomic mass is 16.4. The minimum Gasteiger partial charge on any atom is -0.480 e. The van der Waals surface area contributed by atoms with Crippen LogP contribution in [0, 0.1) is 11.8 Å². The third-order valence-corrected chi connectivity index (χ3v) is 10.4. The molecule has 6 amide bonds. The molecule has 3 rings (SSSR count). The molecular weight excluding hydrogens is 724 g/mol. The summed E-state index contributed by atoms with van der Waals surface area (Å²) in [6.45, 7) is 7.34. The zero-order valence-corrected chi connectivity index (χ0v) is 32.9. The third kappa shape index (κ3) is 12.9. The van der Waals surface area contributed by atoms with Gasteiger partial charge in [0.25, 0.3) is 0 Å². The summed E-state index contributed by atoms with van der Waals surface area (Å²) in [4.78, 5) is 99.6. The lowest BCUT2D eigenvalue weighted by atomic mass is 9.98. The van der Waals surface area contributed by atoms with Gasteiger partial charge in [0.2, 0.25) is 35.4 Å². The number of nitrogens with two attached hydrogens (primary N) is 3. The van der Waals surface area contributed by atoms with Crippen LogP contribution >= 0.6 is 0 Å². The molecule has 0 aromatic heterocycles. The van der Waals surface area contributed by atoms with Crippen LogP contribution in [-0.2, 0) is 40.0 Å². The van der Waals surface area contributed by atoms with E-state index in [9.17, 15) is 38.7 Å². The van der Waals surface area contributed by atoms with Crippen LogP contribution in [0.5, 0.6) is 0 Å². The van der Waals surface area contributed by atoms with E-state index >= 15 is 0 Å². The summed E-state index contributed by atoms with van der Waals surface area (Å²) in [5.41, 5.74) is 17.5. The fourth-order valence-electron chi connectivity index (χ4n) is 6.82. The zero-order chi connectivity index (χ0) is 41.5. The smallest absolute Gasteiger partial charge is 0.326 e.